The smallest absolute Gasteiger partial charge is 0.176 e. The Balaban J connectivity index is 1.61. The monoisotopic (exact) mass is 768 g/mol. The van der Waals surface area contributed by atoms with Crippen molar-refractivity contribution in [1.82, 2.24) is 0 Å². The van der Waals surface area contributed by atoms with Gasteiger partial charge in [-0.15, -0.1) is 0 Å². The highest BCUT2D eigenvalue weighted by Gasteiger charge is 2.63. The first-order chi connectivity index (χ1) is 25.4. The van der Waals surface area contributed by atoms with Gasteiger partial charge in [-0.2, -0.15) is 0 Å². The lowest BCUT2D eigenvalue weighted by atomic mass is 9.69. The van der Waals surface area contributed by atoms with Crippen molar-refractivity contribution in [3.05, 3.63) is 0 Å². The Hall–Kier alpha value is -0.640. The molecule has 3 aliphatic heterocycles. The molecule has 2 unspecified atom stereocenters. The van der Waals surface area contributed by atoms with E-state index in [1.165, 1.54) is 57.8 Å². The van der Waals surface area contributed by atoms with Crippen LogP contribution in [-0.4, -0.2) is 152 Å². The van der Waals surface area contributed by atoms with E-state index in [0.29, 0.717) is 12.8 Å². The van der Waals surface area contributed by atoms with Crippen LogP contribution < -0.4 is 17.2 Å². The largest absolute Gasteiger partial charge is 0.394 e. The Kier molecular flexibility index (Phi) is 20.2. The Bertz CT molecular complexity index is 1000. The molecule has 314 valence electrons. The van der Waals surface area contributed by atoms with Gasteiger partial charge in [0.25, 0.3) is 0 Å². The summed E-state index contributed by atoms with van der Waals surface area (Å²) in [5, 5.41) is 86.2. The minimum absolute atomic E-state index is 0.0956. The lowest BCUT2D eigenvalue weighted by Crippen LogP contribution is -2.76. The van der Waals surface area contributed by atoms with Crippen LogP contribution in [0.3, 0.4) is 0 Å². The van der Waals surface area contributed by atoms with Crippen LogP contribution in [0, 0.1) is 0 Å². The number of aliphatic hydroxyl groups is 8. The van der Waals surface area contributed by atoms with Gasteiger partial charge in [-0.1, -0.05) is 110 Å². The molecule has 16 nitrogen and oxygen atoms in total. The van der Waals surface area contributed by atoms with Crippen LogP contribution in [0.15, 0.2) is 0 Å². The van der Waals surface area contributed by atoms with Gasteiger partial charge in [0.15, 0.2) is 18.9 Å². The van der Waals surface area contributed by atoms with Crippen LogP contribution in [0.5, 0.6) is 0 Å². The Morgan fingerprint density at radius 1 is 0.566 bits per heavy atom. The number of nitrogens with two attached hydrogens (primary N) is 3. The van der Waals surface area contributed by atoms with E-state index in [1.54, 1.807) is 0 Å². The third-order valence-corrected chi connectivity index (χ3v) is 11.5. The predicted molar refractivity (Wildman–Crippen MR) is 195 cm³/mol. The van der Waals surface area contributed by atoms with E-state index >= 15 is 0 Å². The zero-order chi connectivity index (χ0) is 39.2. The second kappa shape index (κ2) is 22.9. The maximum atomic E-state index is 11.9. The first-order valence-electron chi connectivity index (χ1n) is 20.2. The highest BCUT2D eigenvalue weighted by molar-refractivity contribution is 5.12. The van der Waals surface area contributed by atoms with Crippen molar-refractivity contribution in [3.63, 3.8) is 0 Å². The van der Waals surface area contributed by atoms with Gasteiger partial charge in [0.05, 0.1) is 37.9 Å². The van der Waals surface area contributed by atoms with E-state index in [4.69, 9.17) is 40.9 Å². The molecule has 0 bridgehead atoms. The highest BCUT2D eigenvalue weighted by atomic mass is 16.7. The molecule has 16 heteroatoms. The Morgan fingerprint density at radius 2 is 1.04 bits per heavy atom. The second-order valence-electron chi connectivity index (χ2n) is 15.5. The predicted octanol–water partition coefficient (Wildman–Crippen LogP) is -0.262. The van der Waals surface area contributed by atoms with Crippen molar-refractivity contribution in [1.29, 1.82) is 0 Å². The van der Waals surface area contributed by atoms with E-state index in [9.17, 15) is 40.9 Å². The summed E-state index contributed by atoms with van der Waals surface area (Å²) in [7, 11) is 0. The van der Waals surface area contributed by atoms with Gasteiger partial charge in [-0.25, -0.2) is 0 Å². The summed E-state index contributed by atoms with van der Waals surface area (Å²) < 4.78 is 29.4. The molecule has 3 rings (SSSR count). The summed E-state index contributed by atoms with van der Waals surface area (Å²) in [5.41, 5.74) is 15.0. The maximum absolute atomic E-state index is 11.9. The fraction of sp³-hybridized carbons (Fsp3) is 1.00. The lowest BCUT2D eigenvalue weighted by Gasteiger charge is -2.57. The van der Waals surface area contributed by atoms with Crippen LogP contribution in [-0.2, 0) is 23.7 Å². The first kappa shape index (κ1) is 46.7. The van der Waals surface area contributed by atoms with E-state index < -0.39 is 111 Å². The zero-order valence-electron chi connectivity index (χ0n) is 32.0. The van der Waals surface area contributed by atoms with E-state index in [0.717, 1.165) is 25.7 Å². The minimum Gasteiger partial charge on any atom is -0.394 e. The van der Waals surface area contributed by atoms with Crippen LogP contribution in [0.2, 0.25) is 0 Å². The number of unbranched alkanes of at least 4 members (excludes halogenated alkanes) is 13. The van der Waals surface area contributed by atoms with Gasteiger partial charge in [0, 0.05) is 0 Å². The molecule has 14 N–H and O–H groups in total. The molecule has 0 aliphatic carbocycles. The molecule has 3 aliphatic rings. The maximum Gasteiger partial charge on any atom is 0.176 e. The summed E-state index contributed by atoms with van der Waals surface area (Å²) in [6, 6.07) is -3.96. The topological polar surface area (TPSA) is 286 Å². The average molecular weight is 768 g/mol. The van der Waals surface area contributed by atoms with Crippen LogP contribution >= 0.6 is 0 Å². The van der Waals surface area contributed by atoms with Gasteiger partial charge < -0.3 is 81.7 Å². The van der Waals surface area contributed by atoms with Gasteiger partial charge in [-0.3, -0.25) is 0 Å². The number of hydrogen-bond acceptors (Lipinski definition) is 16. The van der Waals surface area contributed by atoms with Gasteiger partial charge in [-0.05, 0) is 12.8 Å². The van der Waals surface area contributed by atoms with E-state index in [1.807, 2.05) is 6.92 Å². The molecule has 0 spiro atoms. The second-order valence-corrected chi connectivity index (χ2v) is 15.5. The van der Waals surface area contributed by atoms with Crippen LogP contribution in [0.25, 0.3) is 0 Å². The number of aliphatic hydroxyl groups excluding tert-OH is 7. The number of hydrogen-bond donors (Lipinski definition) is 11. The molecule has 3 heterocycles. The normalized spacial score (nSPS) is 40.8. The fourth-order valence-corrected chi connectivity index (χ4v) is 8.11. The van der Waals surface area contributed by atoms with Gasteiger partial charge >= 0.3 is 0 Å². The number of ether oxygens (including phenoxy) is 5. The summed E-state index contributed by atoms with van der Waals surface area (Å²) >= 11 is 0. The van der Waals surface area contributed by atoms with Crippen molar-refractivity contribution >= 4 is 0 Å². The summed E-state index contributed by atoms with van der Waals surface area (Å²) in [5.74, 6) is 0. The van der Waals surface area contributed by atoms with Gasteiger partial charge in [0.1, 0.15) is 53.9 Å². The van der Waals surface area contributed by atoms with Gasteiger partial charge in [0.2, 0.25) is 0 Å². The molecule has 0 aromatic rings. The molecule has 3 fully saturated rings. The van der Waals surface area contributed by atoms with Crippen molar-refractivity contribution in [2.45, 2.75) is 214 Å². The molecule has 53 heavy (non-hydrogen) atoms. The molecular weight excluding hydrogens is 694 g/mol. The van der Waals surface area contributed by atoms with Crippen molar-refractivity contribution in [2.75, 3.05) is 19.8 Å². The van der Waals surface area contributed by atoms with E-state index in [2.05, 4.69) is 6.92 Å². The fourth-order valence-electron chi connectivity index (χ4n) is 8.11. The molecule has 3 saturated heterocycles. The van der Waals surface area contributed by atoms with E-state index in [-0.39, 0.29) is 12.8 Å². The molecule has 15 atom stereocenters. The number of rotatable bonds is 24. The third-order valence-electron chi connectivity index (χ3n) is 11.5. The summed E-state index contributed by atoms with van der Waals surface area (Å²) in [4.78, 5) is 0. The highest BCUT2D eigenvalue weighted by Crippen LogP contribution is 2.45. The van der Waals surface area contributed by atoms with Crippen molar-refractivity contribution < 1.29 is 64.5 Å². The molecule has 0 saturated carbocycles. The average Bonchev–Trinajstić information content (AvgIpc) is 3.15. The quantitative estimate of drug-likeness (QED) is 0.0564. The standard InChI is InChI=1S/C37H73N3O13/c1-3-5-6-7-8-9-10-11-12-13-14-15-16-17-19-36(22-43)37(48,18-4-2)32(46)27(40)35(53-36)52-31-24(21-42)50-34(26(39)29(31)45)51-30-23(20-41)49-33(47)25(38)28(30)44/h23-35,41-48H,3-22,38-40H2,1-2H3/t23-,24-,25-,26-,27-,28-,29-,30?,31?,32-,33-,34+,35+,36-,37+/m1/s1. The summed E-state index contributed by atoms with van der Waals surface area (Å²) in [6.45, 7) is 2.08. The Labute approximate surface area is 315 Å². The van der Waals surface area contributed by atoms with Crippen molar-refractivity contribution in [2.24, 2.45) is 17.2 Å². The third kappa shape index (κ3) is 11.7. The van der Waals surface area contributed by atoms with Crippen LogP contribution in [0.4, 0.5) is 0 Å². The Morgan fingerprint density at radius 3 is 1.53 bits per heavy atom. The van der Waals surface area contributed by atoms with Crippen molar-refractivity contribution in [3.8, 4) is 0 Å². The summed E-state index contributed by atoms with van der Waals surface area (Å²) in [6.07, 6.45) is 2.68. The first-order valence-corrected chi connectivity index (χ1v) is 20.2. The lowest BCUT2D eigenvalue weighted by molar-refractivity contribution is -0.378. The molecule has 0 amide bonds. The van der Waals surface area contributed by atoms with Crippen LogP contribution in [0.1, 0.15) is 123 Å². The minimum atomic E-state index is -1.90. The molecular formula is C37H73N3O13. The SMILES string of the molecule is CCCCCCCCCCCCCCCC[C@]1(CO)O[C@H](OC2[C@@H](CO)O[C@@H](OC3[C@@H](CO)O[C@@H](O)[C@H](N)[C@H]3O)[C@H](N)[C@H]2O)[C@H](N)[C@@H](O)[C@@]1(O)CCC. The molecule has 0 aromatic carbocycles. The zero-order valence-corrected chi connectivity index (χ0v) is 32.0. The molecule has 0 radical (unpaired) electrons. The molecule has 0 aromatic heterocycles.